The quantitative estimate of drug-likeness (QED) is 0.841. The standard InChI is InChI=1S/C20H25FN4O/c1-15(24-10-12-26-13-11-24)16-4-6-17(7-5-16)19-22-14-18(21)20(23-19)25-8-2-3-9-25/h4-7,14-15H,2-3,8-13H2,1H3. The highest BCUT2D eigenvalue weighted by Crippen LogP contribution is 2.26. The number of halogens is 1. The maximum atomic E-state index is 14.1. The molecule has 0 aliphatic carbocycles. The van der Waals surface area contributed by atoms with Crippen LogP contribution < -0.4 is 4.90 Å². The van der Waals surface area contributed by atoms with Gasteiger partial charge in [-0.05, 0) is 25.3 Å². The highest BCUT2D eigenvalue weighted by Gasteiger charge is 2.20. The second-order valence-corrected chi connectivity index (χ2v) is 7.01. The molecule has 0 radical (unpaired) electrons. The van der Waals surface area contributed by atoms with E-state index in [0.717, 1.165) is 57.8 Å². The van der Waals surface area contributed by atoms with Crippen LogP contribution in [-0.2, 0) is 4.74 Å². The molecule has 1 aromatic carbocycles. The molecule has 1 aromatic heterocycles. The molecule has 6 heteroatoms. The summed E-state index contributed by atoms with van der Waals surface area (Å²) in [5, 5.41) is 0. The highest BCUT2D eigenvalue weighted by molar-refractivity contribution is 5.58. The van der Waals surface area contributed by atoms with Crippen LogP contribution in [0.25, 0.3) is 11.4 Å². The molecule has 0 saturated carbocycles. The Morgan fingerprint density at radius 2 is 1.73 bits per heavy atom. The number of hydrogen-bond acceptors (Lipinski definition) is 5. The zero-order valence-corrected chi connectivity index (χ0v) is 15.2. The van der Waals surface area contributed by atoms with Crippen molar-refractivity contribution in [1.29, 1.82) is 0 Å². The lowest BCUT2D eigenvalue weighted by Gasteiger charge is -2.32. The molecule has 138 valence electrons. The number of ether oxygens (including phenoxy) is 1. The Labute approximate surface area is 153 Å². The van der Waals surface area contributed by atoms with Crippen LogP contribution in [-0.4, -0.2) is 54.3 Å². The van der Waals surface area contributed by atoms with E-state index in [1.54, 1.807) is 0 Å². The molecule has 0 amide bonds. The summed E-state index contributed by atoms with van der Waals surface area (Å²) in [6, 6.07) is 8.66. The van der Waals surface area contributed by atoms with Crippen LogP contribution in [0, 0.1) is 5.82 Å². The molecular formula is C20H25FN4O. The zero-order chi connectivity index (χ0) is 17.9. The Bertz CT molecular complexity index is 740. The molecule has 0 bridgehead atoms. The third-order valence-electron chi connectivity index (χ3n) is 5.38. The molecule has 4 rings (SSSR count). The van der Waals surface area contributed by atoms with Gasteiger partial charge in [0.05, 0.1) is 19.4 Å². The van der Waals surface area contributed by atoms with Crippen LogP contribution in [0.3, 0.4) is 0 Å². The maximum Gasteiger partial charge on any atom is 0.183 e. The summed E-state index contributed by atoms with van der Waals surface area (Å²) in [7, 11) is 0. The van der Waals surface area contributed by atoms with Gasteiger partial charge in [0.15, 0.2) is 17.5 Å². The van der Waals surface area contributed by atoms with Gasteiger partial charge >= 0.3 is 0 Å². The van der Waals surface area contributed by atoms with Gasteiger partial charge in [-0.15, -0.1) is 0 Å². The van der Waals surface area contributed by atoms with E-state index < -0.39 is 0 Å². The zero-order valence-electron chi connectivity index (χ0n) is 15.2. The van der Waals surface area contributed by atoms with E-state index in [9.17, 15) is 4.39 Å². The fourth-order valence-electron chi connectivity index (χ4n) is 3.73. The van der Waals surface area contributed by atoms with Crippen molar-refractivity contribution in [3.63, 3.8) is 0 Å². The van der Waals surface area contributed by atoms with Crippen molar-refractivity contribution in [3.8, 4) is 11.4 Å². The largest absolute Gasteiger partial charge is 0.379 e. The molecule has 2 saturated heterocycles. The summed E-state index contributed by atoms with van der Waals surface area (Å²) in [6.07, 6.45) is 3.47. The van der Waals surface area contributed by atoms with Crippen LogP contribution in [0.5, 0.6) is 0 Å². The van der Waals surface area contributed by atoms with Gasteiger partial charge < -0.3 is 9.64 Å². The van der Waals surface area contributed by atoms with Crippen LogP contribution in [0.1, 0.15) is 31.4 Å². The van der Waals surface area contributed by atoms with Gasteiger partial charge in [0.1, 0.15) is 0 Å². The first-order valence-corrected chi connectivity index (χ1v) is 9.42. The lowest BCUT2D eigenvalue weighted by atomic mass is 10.0. The summed E-state index contributed by atoms with van der Waals surface area (Å²) in [5.74, 6) is 0.672. The van der Waals surface area contributed by atoms with E-state index in [1.165, 1.54) is 11.8 Å². The van der Waals surface area contributed by atoms with Gasteiger partial charge in [-0.3, -0.25) is 4.90 Å². The smallest absolute Gasteiger partial charge is 0.183 e. The number of hydrogen-bond donors (Lipinski definition) is 0. The molecule has 2 aromatic rings. The number of aromatic nitrogens is 2. The van der Waals surface area contributed by atoms with Crippen molar-refractivity contribution < 1.29 is 9.13 Å². The predicted octanol–water partition coefficient (Wildman–Crippen LogP) is 3.28. The second kappa shape index (κ2) is 7.68. The first kappa shape index (κ1) is 17.4. The van der Waals surface area contributed by atoms with Crippen LogP contribution in [0.15, 0.2) is 30.5 Å². The summed E-state index contributed by atoms with van der Waals surface area (Å²) < 4.78 is 19.6. The Balaban J connectivity index is 1.54. The average molecular weight is 356 g/mol. The molecule has 0 spiro atoms. The normalized spacial score (nSPS) is 19.7. The van der Waals surface area contributed by atoms with E-state index >= 15 is 0 Å². The Kier molecular flexibility index (Phi) is 5.13. The van der Waals surface area contributed by atoms with E-state index in [-0.39, 0.29) is 5.82 Å². The lowest BCUT2D eigenvalue weighted by Crippen LogP contribution is -2.37. The third kappa shape index (κ3) is 3.57. The van der Waals surface area contributed by atoms with Crippen molar-refractivity contribution in [2.45, 2.75) is 25.8 Å². The summed E-state index contributed by atoms with van der Waals surface area (Å²) in [6.45, 7) is 7.47. The summed E-state index contributed by atoms with van der Waals surface area (Å²) in [5.41, 5.74) is 2.18. The second-order valence-electron chi connectivity index (χ2n) is 7.01. The Morgan fingerprint density at radius 3 is 2.42 bits per heavy atom. The molecule has 0 N–H and O–H groups in total. The topological polar surface area (TPSA) is 41.5 Å². The van der Waals surface area contributed by atoms with E-state index in [0.29, 0.717) is 17.7 Å². The maximum absolute atomic E-state index is 14.1. The highest BCUT2D eigenvalue weighted by atomic mass is 19.1. The lowest BCUT2D eigenvalue weighted by molar-refractivity contribution is 0.0198. The molecule has 2 fully saturated rings. The molecule has 2 aliphatic heterocycles. The van der Waals surface area contributed by atoms with Gasteiger partial charge in [-0.1, -0.05) is 24.3 Å². The van der Waals surface area contributed by atoms with Crippen molar-refractivity contribution >= 4 is 5.82 Å². The number of nitrogens with zero attached hydrogens (tertiary/aromatic N) is 4. The van der Waals surface area contributed by atoms with Gasteiger partial charge in [0, 0.05) is 37.8 Å². The van der Waals surface area contributed by atoms with Crippen LogP contribution in [0.2, 0.25) is 0 Å². The van der Waals surface area contributed by atoms with Crippen molar-refractivity contribution in [2.24, 2.45) is 0 Å². The monoisotopic (exact) mass is 356 g/mol. The van der Waals surface area contributed by atoms with Crippen molar-refractivity contribution in [3.05, 3.63) is 41.8 Å². The van der Waals surface area contributed by atoms with Gasteiger partial charge in [0.25, 0.3) is 0 Å². The van der Waals surface area contributed by atoms with E-state index in [2.05, 4.69) is 33.9 Å². The Hall–Kier alpha value is -2.05. The molecule has 1 atom stereocenters. The fourth-order valence-corrected chi connectivity index (χ4v) is 3.73. The number of benzene rings is 1. The Morgan fingerprint density at radius 1 is 1.04 bits per heavy atom. The van der Waals surface area contributed by atoms with E-state index in [4.69, 9.17) is 4.74 Å². The van der Waals surface area contributed by atoms with Gasteiger partial charge in [-0.25, -0.2) is 14.4 Å². The number of anilines is 1. The SMILES string of the molecule is CC(c1ccc(-c2ncc(F)c(N3CCCC3)n2)cc1)N1CCOCC1. The third-order valence-corrected chi connectivity index (χ3v) is 5.38. The van der Waals surface area contributed by atoms with Crippen LogP contribution in [0.4, 0.5) is 10.2 Å². The molecule has 3 heterocycles. The van der Waals surface area contributed by atoms with Crippen molar-refractivity contribution in [1.82, 2.24) is 14.9 Å². The fraction of sp³-hybridized carbons (Fsp3) is 0.500. The van der Waals surface area contributed by atoms with Crippen LogP contribution >= 0.6 is 0 Å². The molecule has 2 aliphatic rings. The minimum atomic E-state index is -0.340. The molecular weight excluding hydrogens is 331 g/mol. The summed E-state index contributed by atoms with van der Waals surface area (Å²) in [4.78, 5) is 13.1. The number of morpholine rings is 1. The van der Waals surface area contributed by atoms with E-state index in [1.807, 2.05) is 17.0 Å². The van der Waals surface area contributed by atoms with Gasteiger partial charge in [0.2, 0.25) is 0 Å². The molecule has 26 heavy (non-hydrogen) atoms. The van der Waals surface area contributed by atoms with Gasteiger partial charge in [-0.2, -0.15) is 0 Å². The predicted molar refractivity (Wildman–Crippen MR) is 99.7 cm³/mol. The minimum Gasteiger partial charge on any atom is -0.379 e. The first-order valence-electron chi connectivity index (χ1n) is 9.42. The minimum absolute atomic E-state index is 0.340. The summed E-state index contributed by atoms with van der Waals surface area (Å²) >= 11 is 0. The number of rotatable bonds is 4. The molecule has 5 nitrogen and oxygen atoms in total. The molecule has 1 unspecified atom stereocenters. The van der Waals surface area contributed by atoms with Crippen molar-refractivity contribution in [2.75, 3.05) is 44.3 Å². The average Bonchev–Trinajstić information content (AvgIpc) is 3.23. The first-order chi connectivity index (χ1) is 12.7.